The summed E-state index contributed by atoms with van der Waals surface area (Å²) in [5, 5.41) is 0. The van der Waals surface area contributed by atoms with Crippen molar-refractivity contribution in [2.75, 3.05) is 28.2 Å². The van der Waals surface area contributed by atoms with Gasteiger partial charge >= 0.3 is 109 Å². The van der Waals surface area contributed by atoms with Crippen LogP contribution in [0.25, 0.3) is 0 Å². The van der Waals surface area contributed by atoms with E-state index in [2.05, 4.69) is 5.71 Å². The molecule has 0 unspecified atom stereocenters. The van der Waals surface area contributed by atoms with Gasteiger partial charge in [-0.3, -0.25) is 0 Å². The van der Waals surface area contributed by atoms with E-state index in [0.717, 1.165) is 8.64 Å². The van der Waals surface area contributed by atoms with Gasteiger partial charge in [0, 0.05) is 0 Å². The van der Waals surface area contributed by atoms with Crippen molar-refractivity contribution in [3.63, 3.8) is 0 Å². The number of hydrogen-bond donors (Lipinski definition) is 0. The van der Waals surface area contributed by atoms with Gasteiger partial charge in [-0.2, -0.15) is 0 Å². The maximum absolute atomic E-state index is 5.23. The van der Waals surface area contributed by atoms with Crippen molar-refractivity contribution >= 4 is 65.5 Å². The predicted molar refractivity (Wildman–Crippen MR) is 79.4 cm³/mol. The van der Waals surface area contributed by atoms with Crippen molar-refractivity contribution in [1.82, 2.24) is 9.80 Å². The first-order valence-corrected chi connectivity index (χ1v) is 12.7. The maximum atomic E-state index is 5.23. The molecule has 0 heterocycles. The van der Waals surface area contributed by atoms with Gasteiger partial charge in [0.2, 0.25) is 0 Å². The molecule has 2 nitrogen and oxygen atoms in total. The van der Waals surface area contributed by atoms with E-state index in [1.807, 2.05) is 38.0 Å². The molecule has 0 aliphatic carbocycles. The SMILES string of the molecule is CN(C)C(=S)S[As](C)SC(=S)N(C)C. The summed E-state index contributed by atoms with van der Waals surface area (Å²) in [5.41, 5.74) is 2.26. The van der Waals surface area contributed by atoms with E-state index in [-0.39, 0.29) is 0 Å². The van der Waals surface area contributed by atoms with E-state index in [9.17, 15) is 0 Å². The number of rotatable bonds is 2. The molecule has 7 heteroatoms. The van der Waals surface area contributed by atoms with Crippen LogP contribution in [-0.4, -0.2) is 59.0 Å². The molecule has 0 aromatic heterocycles. The molecule has 0 N–H and O–H groups in total. The van der Waals surface area contributed by atoms with E-state index in [1.54, 1.807) is 20.0 Å². The van der Waals surface area contributed by atoms with Crippen LogP contribution in [0, 0.1) is 0 Å². The van der Waals surface area contributed by atoms with Crippen molar-refractivity contribution in [3.8, 4) is 0 Å². The molecule has 0 rings (SSSR count). The van der Waals surface area contributed by atoms with Gasteiger partial charge in [0.15, 0.2) is 0 Å². The Balaban J connectivity index is 3.93. The van der Waals surface area contributed by atoms with Crippen molar-refractivity contribution in [2.24, 2.45) is 0 Å². The molecule has 0 saturated heterocycles. The van der Waals surface area contributed by atoms with Crippen LogP contribution >= 0.6 is 44.5 Å². The first-order valence-electron chi connectivity index (χ1n) is 3.86. The molecule has 0 amide bonds. The summed E-state index contributed by atoms with van der Waals surface area (Å²) in [6, 6.07) is 0. The van der Waals surface area contributed by atoms with Gasteiger partial charge in [0.05, 0.1) is 0 Å². The van der Waals surface area contributed by atoms with Crippen LogP contribution in [0.5, 0.6) is 0 Å². The first kappa shape index (κ1) is 15.0. The second kappa shape index (κ2) is 7.33. The number of hydrogen-bond acceptors (Lipinski definition) is 4. The zero-order chi connectivity index (χ0) is 11.3. The van der Waals surface area contributed by atoms with Gasteiger partial charge in [0.1, 0.15) is 0 Å². The summed E-state index contributed by atoms with van der Waals surface area (Å²) >= 11 is 9.43. The van der Waals surface area contributed by atoms with Gasteiger partial charge in [0.25, 0.3) is 0 Å². The second-order valence-electron chi connectivity index (χ2n) is 2.94. The summed E-state index contributed by atoms with van der Waals surface area (Å²) in [7, 11) is 11.5. The minimum atomic E-state index is -1.03. The van der Waals surface area contributed by atoms with E-state index in [1.165, 1.54) is 0 Å². The van der Waals surface area contributed by atoms with Crippen molar-refractivity contribution in [1.29, 1.82) is 0 Å². The Morgan fingerprint density at radius 3 is 1.43 bits per heavy atom. The summed E-state index contributed by atoms with van der Waals surface area (Å²) in [6.07, 6.45) is 0. The Hall–Kier alpha value is 1.04. The normalized spacial score (nSPS) is 10.1. The topological polar surface area (TPSA) is 6.48 Å². The van der Waals surface area contributed by atoms with E-state index in [4.69, 9.17) is 24.4 Å². The Bertz CT molecular complexity index is 198. The van der Waals surface area contributed by atoms with Crippen LogP contribution in [0.2, 0.25) is 5.71 Å². The third kappa shape index (κ3) is 6.51. The molecule has 14 heavy (non-hydrogen) atoms. The molecular formula is C7H15AsN2S4. The van der Waals surface area contributed by atoms with E-state index >= 15 is 0 Å². The van der Waals surface area contributed by atoms with Gasteiger partial charge in [-0.05, 0) is 0 Å². The van der Waals surface area contributed by atoms with Crippen molar-refractivity contribution < 1.29 is 0 Å². The molecule has 0 aromatic carbocycles. The average molecular weight is 330 g/mol. The molecule has 0 fully saturated rings. The van der Waals surface area contributed by atoms with Gasteiger partial charge in [-0.25, -0.2) is 0 Å². The van der Waals surface area contributed by atoms with Crippen LogP contribution in [0.1, 0.15) is 0 Å². The van der Waals surface area contributed by atoms with Crippen LogP contribution in [0.4, 0.5) is 0 Å². The third-order valence-electron chi connectivity index (χ3n) is 1.14. The Morgan fingerprint density at radius 1 is 0.929 bits per heavy atom. The fraction of sp³-hybridized carbons (Fsp3) is 0.714. The van der Waals surface area contributed by atoms with Gasteiger partial charge in [-0.15, -0.1) is 0 Å². The van der Waals surface area contributed by atoms with Gasteiger partial charge < -0.3 is 0 Å². The zero-order valence-electron chi connectivity index (χ0n) is 8.97. The molecule has 0 aliphatic rings. The van der Waals surface area contributed by atoms with Crippen molar-refractivity contribution in [3.05, 3.63) is 0 Å². The molecule has 0 saturated carbocycles. The van der Waals surface area contributed by atoms with Crippen LogP contribution in [-0.2, 0) is 0 Å². The molecule has 0 bridgehead atoms. The monoisotopic (exact) mass is 330 g/mol. The fourth-order valence-corrected chi connectivity index (χ4v) is 14.0. The molecule has 0 atom stereocenters. The quantitative estimate of drug-likeness (QED) is 0.562. The Kier molecular flexibility index (Phi) is 7.88. The van der Waals surface area contributed by atoms with E-state index < -0.39 is 12.3 Å². The average Bonchev–Trinajstić information content (AvgIpc) is 2.03. The molecule has 0 aromatic rings. The molecule has 82 valence electrons. The number of nitrogens with zero attached hydrogens (tertiary/aromatic N) is 2. The standard InChI is InChI=1S/C7H15AsN2S4/c1-8(13-6(11)9(2)3)14-7(12)10(4)5/h1-5H3. The van der Waals surface area contributed by atoms with Crippen LogP contribution < -0.4 is 0 Å². The third-order valence-corrected chi connectivity index (χ3v) is 13.3. The second-order valence-corrected chi connectivity index (χ2v) is 16.4. The van der Waals surface area contributed by atoms with Gasteiger partial charge in [-0.1, -0.05) is 0 Å². The fourth-order valence-electron chi connectivity index (χ4n) is 0.402. The predicted octanol–water partition coefficient (Wildman–Crippen LogP) is 2.26. The van der Waals surface area contributed by atoms with Crippen LogP contribution in [0.3, 0.4) is 0 Å². The van der Waals surface area contributed by atoms with Crippen LogP contribution in [0.15, 0.2) is 0 Å². The minimum absolute atomic E-state index is 0.960. The summed E-state index contributed by atoms with van der Waals surface area (Å²) in [4.78, 5) is 3.95. The number of thiocarbonyl (C=S) groups is 2. The summed E-state index contributed by atoms with van der Waals surface area (Å²) in [6.45, 7) is 0. The molecular weight excluding hydrogens is 315 g/mol. The first-order chi connectivity index (χ1) is 6.34. The summed E-state index contributed by atoms with van der Waals surface area (Å²) in [5.74, 6) is 0. The molecule has 0 aliphatic heterocycles. The Morgan fingerprint density at radius 2 is 1.21 bits per heavy atom. The van der Waals surface area contributed by atoms with Crippen molar-refractivity contribution in [2.45, 2.75) is 5.71 Å². The summed E-state index contributed by atoms with van der Waals surface area (Å²) < 4.78 is 1.92. The molecule has 0 spiro atoms. The molecule has 0 radical (unpaired) electrons. The van der Waals surface area contributed by atoms with E-state index in [0.29, 0.717) is 0 Å². The zero-order valence-corrected chi connectivity index (χ0v) is 14.1. The Labute approximate surface area is 108 Å².